The molecule has 5 rings (SSSR count). The van der Waals surface area contributed by atoms with Crippen molar-refractivity contribution in [2.45, 2.75) is 37.6 Å². The lowest BCUT2D eigenvalue weighted by Gasteiger charge is -2.37. The summed E-state index contributed by atoms with van der Waals surface area (Å²) < 4.78 is 11.6. The van der Waals surface area contributed by atoms with Gasteiger partial charge in [0.25, 0.3) is 0 Å². The van der Waals surface area contributed by atoms with E-state index in [4.69, 9.17) is 15.2 Å². The van der Waals surface area contributed by atoms with Gasteiger partial charge in [-0.15, -0.1) is 0 Å². The SMILES string of the molecule is COc1cc(C2(c3c(C)c(C(N)=O)cc(OCC4CCN4C)c3[N+](=O)[O-])CC2)c2cccnc2c1. The van der Waals surface area contributed by atoms with E-state index in [1.165, 1.54) is 6.07 Å². The predicted octanol–water partition coefficient (Wildman–Crippen LogP) is 3.72. The van der Waals surface area contributed by atoms with Gasteiger partial charge in [-0.1, -0.05) is 6.07 Å². The number of nitro groups is 1. The molecule has 9 heteroatoms. The minimum absolute atomic E-state index is 0.0845. The quantitative estimate of drug-likeness (QED) is 0.388. The summed E-state index contributed by atoms with van der Waals surface area (Å²) in [4.78, 5) is 31.2. The number of fused-ring (bicyclic) bond motifs is 1. The molecule has 3 aromatic rings. The Hall–Kier alpha value is -3.72. The van der Waals surface area contributed by atoms with Gasteiger partial charge in [-0.25, -0.2) is 0 Å². The van der Waals surface area contributed by atoms with Crippen LogP contribution in [-0.4, -0.2) is 54.1 Å². The number of likely N-dealkylation sites (N-methyl/N-ethyl adjacent to an activating group) is 1. The average molecular weight is 477 g/mol. The van der Waals surface area contributed by atoms with Crippen LogP contribution in [0.4, 0.5) is 5.69 Å². The normalized spacial score (nSPS) is 18.7. The number of likely N-dealkylation sites (tertiary alicyclic amines) is 1. The standard InChI is InChI=1S/C26H28N4O5/c1-15-19(25(27)31)13-22(35-14-16-6-10-29(16)2)24(30(32)33)23(15)26(7-8-26)20-11-17(34-3)12-21-18(20)5-4-9-28-21/h4-5,9,11-13,16H,6-8,10,14H2,1-3H3,(H2,27,31). The molecule has 0 radical (unpaired) electrons. The topological polar surface area (TPSA) is 121 Å². The number of amides is 1. The van der Waals surface area contributed by atoms with Gasteiger partial charge in [-0.05, 0) is 63.0 Å². The summed E-state index contributed by atoms with van der Waals surface area (Å²) in [6, 6.07) is 9.18. The van der Waals surface area contributed by atoms with Gasteiger partial charge in [0.2, 0.25) is 5.91 Å². The summed E-state index contributed by atoms with van der Waals surface area (Å²) in [5, 5.41) is 13.4. The van der Waals surface area contributed by atoms with Crippen molar-refractivity contribution >= 4 is 22.5 Å². The Balaban J connectivity index is 1.74. The fraction of sp³-hybridized carbons (Fsp3) is 0.385. The van der Waals surface area contributed by atoms with E-state index in [9.17, 15) is 14.9 Å². The van der Waals surface area contributed by atoms with E-state index >= 15 is 0 Å². The molecule has 182 valence electrons. The van der Waals surface area contributed by atoms with Crippen molar-refractivity contribution in [3.8, 4) is 11.5 Å². The van der Waals surface area contributed by atoms with Gasteiger partial charge in [-0.3, -0.25) is 24.8 Å². The summed E-state index contributed by atoms with van der Waals surface area (Å²) in [7, 11) is 3.57. The Labute approximate surface area is 203 Å². The van der Waals surface area contributed by atoms with Crippen LogP contribution in [0.15, 0.2) is 36.5 Å². The van der Waals surface area contributed by atoms with Crippen molar-refractivity contribution in [1.29, 1.82) is 0 Å². The first-order chi connectivity index (χ1) is 16.8. The first kappa shape index (κ1) is 23.0. The molecule has 35 heavy (non-hydrogen) atoms. The third-order valence-corrected chi connectivity index (χ3v) is 7.52. The molecule has 1 aromatic heterocycles. The van der Waals surface area contributed by atoms with Gasteiger partial charge in [0, 0.05) is 46.3 Å². The van der Waals surface area contributed by atoms with Crippen LogP contribution in [0.1, 0.15) is 46.3 Å². The largest absolute Gasteiger partial charge is 0.497 e. The molecule has 0 spiro atoms. The second-order valence-electron chi connectivity index (χ2n) is 9.45. The molecule has 1 saturated carbocycles. The highest BCUT2D eigenvalue weighted by molar-refractivity contribution is 5.97. The minimum Gasteiger partial charge on any atom is -0.497 e. The van der Waals surface area contributed by atoms with Crippen LogP contribution in [-0.2, 0) is 5.41 Å². The first-order valence-corrected chi connectivity index (χ1v) is 11.7. The Kier molecular flexibility index (Phi) is 5.59. The zero-order valence-electron chi connectivity index (χ0n) is 20.0. The number of aromatic nitrogens is 1. The lowest BCUT2D eigenvalue weighted by molar-refractivity contribution is -0.386. The Morgan fingerprint density at radius 1 is 1.34 bits per heavy atom. The van der Waals surface area contributed by atoms with Crippen molar-refractivity contribution in [2.24, 2.45) is 5.73 Å². The van der Waals surface area contributed by atoms with E-state index in [0.29, 0.717) is 36.3 Å². The molecule has 1 aliphatic heterocycles. The highest BCUT2D eigenvalue weighted by Gasteiger charge is 2.53. The molecule has 1 amide bonds. The molecule has 2 N–H and O–H groups in total. The number of pyridine rings is 1. The van der Waals surface area contributed by atoms with Crippen LogP contribution in [0.2, 0.25) is 0 Å². The molecule has 2 heterocycles. The van der Waals surface area contributed by atoms with E-state index in [-0.39, 0.29) is 23.0 Å². The average Bonchev–Trinajstić information content (AvgIpc) is 3.63. The maximum Gasteiger partial charge on any atom is 0.315 e. The predicted molar refractivity (Wildman–Crippen MR) is 131 cm³/mol. The summed E-state index contributed by atoms with van der Waals surface area (Å²) in [5.41, 5.74) is 7.80. The molecule has 0 bridgehead atoms. The Bertz CT molecular complexity index is 1350. The molecule has 2 aromatic carbocycles. The molecule has 9 nitrogen and oxygen atoms in total. The number of carbonyl (C=O) groups is 1. The van der Waals surface area contributed by atoms with Gasteiger partial charge < -0.3 is 15.2 Å². The fourth-order valence-electron chi connectivity index (χ4n) is 5.29. The molecule has 1 saturated heterocycles. The lowest BCUT2D eigenvalue weighted by atomic mass is 9.80. The number of nitrogens with two attached hydrogens (primary N) is 1. The monoisotopic (exact) mass is 476 g/mol. The Morgan fingerprint density at radius 3 is 2.69 bits per heavy atom. The fourth-order valence-corrected chi connectivity index (χ4v) is 5.29. The van der Waals surface area contributed by atoms with Crippen molar-refractivity contribution in [2.75, 3.05) is 27.3 Å². The van der Waals surface area contributed by atoms with Gasteiger partial charge in [0.1, 0.15) is 12.4 Å². The van der Waals surface area contributed by atoms with Crippen LogP contribution >= 0.6 is 0 Å². The van der Waals surface area contributed by atoms with Crippen molar-refractivity contribution in [1.82, 2.24) is 9.88 Å². The lowest BCUT2D eigenvalue weighted by Crippen LogP contribution is -2.48. The van der Waals surface area contributed by atoms with Crippen LogP contribution in [0, 0.1) is 17.0 Å². The summed E-state index contributed by atoms with van der Waals surface area (Å²) in [5.74, 6) is 0.0619. The number of hydrogen-bond acceptors (Lipinski definition) is 7. The zero-order valence-corrected chi connectivity index (χ0v) is 20.0. The van der Waals surface area contributed by atoms with E-state index < -0.39 is 16.2 Å². The minimum atomic E-state index is -0.681. The highest BCUT2D eigenvalue weighted by Crippen LogP contribution is 2.60. The maximum absolute atomic E-state index is 12.5. The summed E-state index contributed by atoms with van der Waals surface area (Å²) >= 11 is 0. The molecule has 1 aliphatic carbocycles. The van der Waals surface area contributed by atoms with Gasteiger partial charge >= 0.3 is 5.69 Å². The maximum atomic E-state index is 12.5. The third kappa shape index (κ3) is 3.76. The number of methoxy groups -OCH3 is 1. The number of nitrogens with zero attached hydrogens (tertiary/aromatic N) is 3. The second-order valence-corrected chi connectivity index (χ2v) is 9.45. The van der Waals surface area contributed by atoms with E-state index in [1.54, 1.807) is 20.2 Å². The van der Waals surface area contributed by atoms with Crippen molar-refractivity contribution in [3.63, 3.8) is 0 Å². The molecular weight excluding hydrogens is 448 g/mol. The number of ether oxygens (including phenoxy) is 2. The number of benzene rings is 2. The number of primary amides is 1. The molecule has 2 fully saturated rings. The molecule has 1 atom stereocenters. The smallest absolute Gasteiger partial charge is 0.315 e. The molecular formula is C26H28N4O5. The van der Waals surface area contributed by atoms with Crippen LogP contribution < -0.4 is 15.2 Å². The summed E-state index contributed by atoms with van der Waals surface area (Å²) in [6.45, 7) is 2.99. The van der Waals surface area contributed by atoms with E-state index in [2.05, 4.69) is 9.88 Å². The van der Waals surface area contributed by atoms with Gasteiger partial charge in [0.15, 0.2) is 5.75 Å². The van der Waals surface area contributed by atoms with Crippen LogP contribution in [0.5, 0.6) is 11.5 Å². The number of carbonyl (C=O) groups excluding carboxylic acids is 1. The van der Waals surface area contributed by atoms with Gasteiger partial charge in [-0.2, -0.15) is 0 Å². The Morgan fingerprint density at radius 2 is 2.11 bits per heavy atom. The van der Waals surface area contributed by atoms with Gasteiger partial charge in [0.05, 0.1) is 17.5 Å². The third-order valence-electron chi connectivity index (χ3n) is 7.52. The van der Waals surface area contributed by atoms with Crippen molar-refractivity contribution in [3.05, 3.63) is 68.9 Å². The van der Waals surface area contributed by atoms with Crippen LogP contribution in [0.3, 0.4) is 0 Å². The first-order valence-electron chi connectivity index (χ1n) is 11.7. The second kappa shape index (κ2) is 8.49. The van der Waals surface area contributed by atoms with E-state index in [0.717, 1.165) is 29.4 Å². The highest BCUT2D eigenvalue weighted by atomic mass is 16.6. The molecule has 2 aliphatic rings. The molecule has 1 unspecified atom stereocenters. The zero-order chi connectivity index (χ0) is 24.9. The number of rotatable bonds is 8. The van der Waals surface area contributed by atoms with Crippen molar-refractivity contribution < 1.29 is 19.2 Å². The summed E-state index contributed by atoms with van der Waals surface area (Å²) in [6.07, 6.45) is 4.02. The van der Waals surface area contributed by atoms with E-state index in [1.807, 2.05) is 31.3 Å². The number of nitro benzene ring substituents is 1. The van der Waals surface area contributed by atoms with Crippen LogP contribution in [0.25, 0.3) is 10.9 Å². The number of hydrogen-bond donors (Lipinski definition) is 1.